The maximum atomic E-state index is 2.52. The van der Waals surface area contributed by atoms with Crippen LogP contribution in [-0.2, 0) is 11.8 Å². The molecule has 1 heteroatoms. The Bertz CT molecular complexity index is 2480. The number of rotatable bonds is 5. The molecular weight excluding hydrogens is 621 g/mol. The van der Waals surface area contributed by atoms with Gasteiger partial charge in [0.2, 0.25) is 0 Å². The van der Waals surface area contributed by atoms with Gasteiger partial charge in [0.25, 0.3) is 0 Å². The Hall–Kier alpha value is -5.50. The minimum absolute atomic E-state index is 0.422. The van der Waals surface area contributed by atoms with Gasteiger partial charge in [-0.1, -0.05) is 146 Å². The SMILES string of the molecule is C1=CCCC(C2=Cc3c(sc4c(-c5cccc(C6(c7ccccc7)c7ccccc7-c7ccccc76)c5)cc(-c5ccccc5)cc34)CC2)=C1. The standard InChI is InChI=1S/C49H36S/c1-4-15-33(16-5-1)35-27-28-47-43(30-35)44-32-37(34-17-6-2-7-18-34)31-42(48(44)50-47)36-19-14-22-39(29-36)49(38-20-8-3-9-21-38)45-25-12-10-23-40(45)41-24-11-13-26-46(41)49/h1-4,6-15,17-26,29-32H,5,16,27-28H2. The molecule has 238 valence electrons. The number of benzene rings is 6. The molecule has 1 aromatic heterocycles. The largest absolute Gasteiger partial charge is 0.139 e. The predicted octanol–water partition coefficient (Wildman–Crippen LogP) is 13.2. The predicted molar refractivity (Wildman–Crippen MR) is 213 cm³/mol. The van der Waals surface area contributed by atoms with Gasteiger partial charge in [-0.2, -0.15) is 0 Å². The lowest BCUT2D eigenvalue weighted by Gasteiger charge is -2.34. The molecule has 0 unspecified atom stereocenters. The minimum atomic E-state index is -0.422. The van der Waals surface area contributed by atoms with Crippen molar-refractivity contribution in [1.82, 2.24) is 0 Å². The van der Waals surface area contributed by atoms with Crippen LogP contribution in [0.4, 0.5) is 0 Å². The van der Waals surface area contributed by atoms with Crippen molar-refractivity contribution in [2.45, 2.75) is 31.1 Å². The molecule has 6 aromatic carbocycles. The van der Waals surface area contributed by atoms with E-state index in [0.29, 0.717) is 0 Å². The summed E-state index contributed by atoms with van der Waals surface area (Å²) >= 11 is 2.01. The molecule has 0 spiro atoms. The van der Waals surface area contributed by atoms with Crippen molar-refractivity contribution < 1.29 is 0 Å². The first-order valence-corrected chi connectivity index (χ1v) is 18.7. The summed E-state index contributed by atoms with van der Waals surface area (Å²) in [4.78, 5) is 1.51. The van der Waals surface area contributed by atoms with E-state index in [1.807, 2.05) is 11.3 Å². The summed E-state index contributed by atoms with van der Waals surface area (Å²) in [6.07, 6.45) is 13.9. The number of thiophene rings is 1. The van der Waals surface area contributed by atoms with E-state index in [0.717, 1.165) is 25.7 Å². The van der Waals surface area contributed by atoms with Gasteiger partial charge in [-0.25, -0.2) is 0 Å². The quantitative estimate of drug-likeness (QED) is 0.173. The summed E-state index contributed by atoms with van der Waals surface area (Å²) in [5.41, 5.74) is 17.1. The van der Waals surface area contributed by atoms with Crippen molar-refractivity contribution in [2.24, 2.45) is 0 Å². The summed E-state index contributed by atoms with van der Waals surface area (Å²) in [6.45, 7) is 0. The third kappa shape index (κ3) is 4.50. The number of allylic oxidation sites excluding steroid dienone is 5. The summed E-state index contributed by atoms with van der Waals surface area (Å²) < 4.78 is 1.39. The van der Waals surface area contributed by atoms with Gasteiger partial charge in [-0.3, -0.25) is 0 Å². The van der Waals surface area contributed by atoms with Crippen LogP contribution in [0.15, 0.2) is 175 Å². The van der Waals surface area contributed by atoms with Gasteiger partial charge in [0, 0.05) is 20.5 Å². The molecule has 50 heavy (non-hydrogen) atoms. The second kappa shape index (κ2) is 11.8. The molecule has 0 bridgehead atoms. The highest BCUT2D eigenvalue weighted by Crippen LogP contribution is 2.56. The van der Waals surface area contributed by atoms with Crippen molar-refractivity contribution in [1.29, 1.82) is 0 Å². The van der Waals surface area contributed by atoms with Crippen LogP contribution in [0, 0.1) is 0 Å². The zero-order valence-corrected chi connectivity index (χ0v) is 28.7. The summed E-state index contributed by atoms with van der Waals surface area (Å²) in [7, 11) is 0. The molecule has 0 N–H and O–H groups in total. The van der Waals surface area contributed by atoms with E-state index in [2.05, 4.69) is 170 Å². The maximum Gasteiger partial charge on any atom is 0.0713 e. The molecule has 3 aliphatic carbocycles. The van der Waals surface area contributed by atoms with Crippen LogP contribution in [0.5, 0.6) is 0 Å². The summed E-state index contributed by atoms with van der Waals surface area (Å²) in [6, 6.07) is 54.5. The van der Waals surface area contributed by atoms with Crippen LogP contribution >= 0.6 is 11.3 Å². The van der Waals surface area contributed by atoms with E-state index in [-0.39, 0.29) is 0 Å². The van der Waals surface area contributed by atoms with Gasteiger partial charge in [-0.05, 0) is 117 Å². The van der Waals surface area contributed by atoms with E-state index < -0.39 is 5.41 Å². The monoisotopic (exact) mass is 656 g/mol. The van der Waals surface area contributed by atoms with Crippen molar-refractivity contribution in [3.8, 4) is 33.4 Å². The Morgan fingerprint density at radius 3 is 1.92 bits per heavy atom. The second-order valence-corrected chi connectivity index (χ2v) is 14.9. The van der Waals surface area contributed by atoms with Crippen molar-refractivity contribution in [3.63, 3.8) is 0 Å². The first-order valence-electron chi connectivity index (χ1n) is 17.9. The Balaban J connectivity index is 1.23. The average molecular weight is 657 g/mol. The smallest absolute Gasteiger partial charge is 0.0713 e. The number of hydrogen-bond acceptors (Lipinski definition) is 1. The van der Waals surface area contributed by atoms with Gasteiger partial charge in [0.05, 0.1) is 5.41 Å². The molecule has 0 saturated heterocycles. The molecule has 10 rings (SSSR count). The van der Waals surface area contributed by atoms with Crippen molar-refractivity contribution in [3.05, 3.63) is 208 Å². The molecule has 7 aromatic rings. The van der Waals surface area contributed by atoms with Gasteiger partial charge in [0.15, 0.2) is 0 Å². The third-order valence-corrected chi connectivity index (χ3v) is 12.5. The van der Waals surface area contributed by atoms with Gasteiger partial charge >= 0.3 is 0 Å². The van der Waals surface area contributed by atoms with Crippen LogP contribution < -0.4 is 0 Å². The van der Waals surface area contributed by atoms with Gasteiger partial charge < -0.3 is 0 Å². The zero-order valence-electron chi connectivity index (χ0n) is 27.9. The van der Waals surface area contributed by atoms with E-state index in [9.17, 15) is 0 Å². The molecule has 0 amide bonds. The van der Waals surface area contributed by atoms with Crippen LogP contribution in [0.25, 0.3) is 49.5 Å². The Kier molecular flexibility index (Phi) is 6.96. The van der Waals surface area contributed by atoms with E-state index in [1.54, 1.807) is 0 Å². The van der Waals surface area contributed by atoms with Crippen LogP contribution in [0.3, 0.4) is 0 Å². The first-order chi connectivity index (χ1) is 24.8. The number of hydrogen-bond donors (Lipinski definition) is 0. The Labute approximate surface area is 298 Å². The lowest BCUT2D eigenvalue weighted by Crippen LogP contribution is -2.28. The number of aryl methyl sites for hydroxylation is 1. The molecule has 0 aliphatic heterocycles. The van der Waals surface area contributed by atoms with Crippen LogP contribution in [-0.4, -0.2) is 0 Å². The van der Waals surface area contributed by atoms with E-state index >= 15 is 0 Å². The minimum Gasteiger partial charge on any atom is -0.139 e. The van der Waals surface area contributed by atoms with Crippen molar-refractivity contribution >= 4 is 27.5 Å². The normalized spacial score (nSPS) is 15.6. The zero-order chi connectivity index (χ0) is 33.1. The molecule has 0 fully saturated rings. The van der Waals surface area contributed by atoms with Crippen LogP contribution in [0.1, 0.15) is 52.0 Å². The van der Waals surface area contributed by atoms with Gasteiger partial charge in [-0.15, -0.1) is 11.3 Å². The average Bonchev–Trinajstić information content (AvgIpc) is 3.72. The topological polar surface area (TPSA) is 0 Å². The molecule has 3 aliphatic rings. The van der Waals surface area contributed by atoms with Crippen LogP contribution in [0.2, 0.25) is 0 Å². The lowest BCUT2D eigenvalue weighted by atomic mass is 9.67. The fourth-order valence-corrected chi connectivity index (χ4v) is 10.2. The highest BCUT2D eigenvalue weighted by atomic mass is 32.1. The van der Waals surface area contributed by atoms with Gasteiger partial charge in [0.1, 0.15) is 0 Å². The molecule has 0 saturated carbocycles. The molecule has 1 heterocycles. The summed E-state index contributed by atoms with van der Waals surface area (Å²) in [5, 5.41) is 1.38. The number of fused-ring (bicyclic) bond motifs is 6. The molecular formula is C49H36S. The van der Waals surface area contributed by atoms with Crippen molar-refractivity contribution in [2.75, 3.05) is 0 Å². The molecule has 0 radical (unpaired) electrons. The fourth-order valence-electron chi connectivity index (χ4n) is 8.87. The molecule has 0 atom stereocenters. The highest BCUT2D eigenvalue weighted by Gasteiger charge is 2.45. The highest BCUT2D eigenvalue weighted by molar-refractivity contribution is 7.20. The van der Waals surface area contributed by atoms with E-state index in [4.69, 9.17) is 0 Å². The lowest BCUT2D eigenvalue weighted by molar-refractivity contribution is 0.769. The molecule has 0 nitrogen and oxygen atoms in total. The third-order valence-electron chi connectivity index (χ3n) is 11.1. The maximum absolute atomic E-state index is 2.52. The van der Waals surface area contributed by atoms with E-state index in [1.165, 1.54) is 87.3 Å². The first kappa shape index (κ1) is 29.4. The summed E-state index contributed by atoms with van der Waals surface area (Å²) in [5.74, 6) is 0. The Morgan fingerprint density at radius 1 is 0.500 bits per heavy atom. The second-order valence-electron chi connectivity index (χ2n) is 13.8. The fraction of sp³-hybridized carbons (Fsp3) is 0.102. The Morgan fingerprint density at radius 2 is 1.18 bits per heavy atom.